The molecule has 0 amide bonds. The molecular weight excluding hydrogens is 164 g/mol. The van der Waals surface area contributed by atoms with Crippen LogP contribution in [-0.2, 0) is 4.79 Å². The molecule has 2 heteroatoms. The van der Waals surface area contributed by atoms with Gasteiger partial charge in [0.15, 0.2) is 5.78 Å². The standard InChI is InChI=1S/C10H18OSi/c1-6-9(2)10(11)7-8-12(3,4)5/h6-8H,1-5H3. The Bertz CT molecular complexity index is 218. The Morgan fingerprint density at radius 1 is 1.25 bits per heavy atom. The minimum absolute atomic E-state index is 0.139. The van der Waals surface area contributed by atoms with Crippen molar-refractivity contribution in [2.24, 2.45) is 0 Å². The average Bonchev–Trinajstić information content (AvgIpc) is 1.97. The molecule has 12 heavy (non-hydrogen) atoms. The Kier molecular flexibility index (Phi) is 4.17. The van der Waals surface area contributed by atoms with E-state index in [4.69, 9.17) is 0 Å². The predicted molar refractivity (Wildman–Crippen MR) is 56.9 cm³/mol. The molecule has 0 saturated heterocycles. The van der Waals surface area contributed by atoms with Gasteiger partial charge in [-0.1, -0.05) is 31.4 Å². The average molecular weight is 182 g/mol. The molecule has 0 radical (unpaired) electrons. The molecule has 0 aromatic heterocycles. The number of hydrogen-bond donors (Lipinski definition) is 0. The Morgan fingerprint density at radius 2 is 1.75 bits per heavy atom. The lowest BCUT2D eigenvalue weighted by Gasteiger charge is -2.07. The second-order valence-corrected chi connectivity index (χ2v) is 9.10. The fourth-order valence-electron chi connectivity index (χ4n) is 0.599. The van der Waals surface area contributed by atoms with Gasteiger partial charge in [-0.25, -0.2) is 0 Å². The van der Waals surface area contributed by atoms with E-state index in [1.54, 1.807) is 6.08 Å². The van der Waals surface area contributed by atoms with E-state index >= 15 is 0 Å². The lowest BCUT2D eigenvalue weighted by atomic mass is 10.2. The molecule has 68 valence electrons. The summed E-state index contributed by atoms with van der Waals surface area (Å²) in [5.74, 6) is 0.139. The summed E-state index contributed by atoms with van der Waals surface area (Å²) >= 11 is 0. The first-order chi connectivity index (χ1) is 5.37. The van der Waals surface area contributed by atoms with Gasteiger partial charge in [0.2, 0.25) is 0 Å². The SMILES string of the molecule is CC=C(C)C(=O)C=C[Si](C)(C)C. The molecule has 0 bridgehead atoms. The van der Waals surface area contributed by atoms with Crippen molar-refractivity contribution in [1.29, 1.82) is 0 Å². The van der Waals surface area contributed by atoms with Crippen molar-refractivity contribution in [1.82, 2.24) is 0 Å². The Labute approximate surface area is 76.2 Å². The Morgan fingerprint density at radius 3 is 2.08 bits per heavy atom. The summed E-state index contributed by atoms with van der Waals surface area (Å²) in [6.45, 7) is 10.4. The highest BCUT2D eigenvalue weighted by Gasteiger charge is 2.08. The molecule has 0 saturated carbocycles. The predicted octanol–water partition coefficient (Wildman–Crippen LogP) is 2.96. The van der Waals surface area contributed by atoms with E-state index in [9.17, 15) is 4.79 Å². The maximum atomic E-state index is 11.3. The molecule has 0 atom stereocenters. The molecule has 0 heterocycles. The largest absolute Gasteiger partial charge is 0.290 e. The second kappa shape index (κ2) is 4.41. The smallest absolute Gasteiger partial charge is 0.180 e. The third-order valence-electron chi connectivity index (χ3n) is 1.56. The molecule has 0 aromatic carbocycles. The molecule has 0 aromatic rings. The van der Waals surface area contributed by atoms with Crippen LogP contribution in [0.1, 0.15) is 13.8 Å². The van der Waals surface area contributed by atoms with E-state index in [1.165, 1.54) is 0 Å². The number of carbonyl (C=O) groups excluding carboxylic acids is 1. The maximum Gasteiger partial charge on any atom is 0.180 e. The van der Waals surface area contributed by atoms with Crippen molar-refractivity contribution < 1.29 is 4.79 Å². The summed E-state index contributed by atoms with van der Waals surface area (Å²) in [5, 5.41) is 0. The fourth-order valence-corrected chi connectivity index (χ4v) is 1.25. The van der Waals surface area contributed by atoms with Crippen molar-refractivity contribution in [2.75, 3.05) is 0 Å². The monoisotopic (exact) mass is 182 g/mol. The van der Waals surface area contributed by atoms with Gasteiger partial charge in [0.05, 0.1) is 8.07 Å². The van der Waals surface area contributed by atoms with Crippen molar-refractivity contribution >= 4 is 13.9 Å². The molecular formula is C10H18OSi. The van der Waals surface area contributed by atoms with E-state index in [2.05, 4.69) is 25.3 Å². The van der Waals surface area contributed by atoms with Crippen LogP contribution in [0.15, 0.2) is 23.4 Å². The van der Waals surface area contributed by atoms with Gasteiger partial charge in [-0.2, -0.15) is 0 Å². The van der Waals surface area contributed by atoms with Crippen molar-refractivity contribution in [2.45, 2.75) is 33.5 Å². The van der Waals surface area contributed by atoms with Gasteiger partial charge in [0.25, 0.3) is 0 Å². The molecule has 0 aliphatic rings. The minimum Gasteiger partial charge on any atom is -0.290 e. The summed E-state index contributed by atoms with van der Waals surface area (Å²) in [6, 6.07) is 0. The molecule has 0 aliphatic carbocycles. The second-order valence-electron chi connectivity index (χ2n) is 4.04. The first-order valence-electron chi connectivity index (χ1n) is 4.23. The third kappa shape index (κ3) is 5.08. The molecule has 0 unspecified atom stereocenters. The number of rotatable bonds is 3. The van der Waals surface area contributed by atoms with E-state index < -0.39 is 8.07 Å². The molecule has 0 aliphatic heterocycles. The maximum absolute atomic E-state index is 11.3. The van der Waals surface area contributed by atoms with Crippen LogP contribution in [0.3, 0.4) is 0 Å². The molecule has 0 spiro atoms. The van der Waals surface area contributed by atoms with Gasteiger partial charge < -0.3 is 0 Å². The van der Waals surface area contributed by atoms with E-state index in [-0.39, 0.29) is 5.78 Å². The van der Waals surface area contributed by atoms with Crippen LogP contribution in [-0.4, -0.2) is 13.9 Å². The Hall–Kier alpha value is -0.633. The summed E-state index contributed by atoms with van der Waals surface area (Å²) in [4.78, 5) is 11.3. The lowest BCUT2D eigenvalue weighted by Crippen LogP contribution is -2.16. The van der Waals surface area contributed by atoms with Gasteiger partial charge in [-0.05, 0) is 25.5 Å². The number of ketones is 1. The summed E-state index contributed by atoms with van der Waals surface area (Å²) in [6.07, 6.45) is 3.55. The molecule has 0 N–H and O–H groups in total. The minimum atomic E-state index is -1.21. The van der Waals surface area contributed by atoms with Crippen LogP contribution in [0.4, 0.5) is 0 Å². The summed E-state index contributed by atoms with van der Waals surface area (Å²) in [7, 11) is -1.21. The molecule has 0 fully saturated rings. The van der Waals surface area contributed by atoms with Crippen LogP contribution in [0.2, 0.25) is 19.6 Å². The lowest BCUT2D eigenvalue weighted by molar-refractivity contribution is -0.111. The first-order valence-corrected chi connectivity index (χ1v) is 7.81. The van der Waals surface area contributed by atoms with Crippen LogP contribution < -0.4 is 0 Å². The number of carbonyl (C=O) groups is 1. The van der Waals surface area contributed by atoms with Crippen LogP contribution in [0.25, 0.3) is 0 Å². The van der Waals surface area contributed by atoms with E-state index in [1.807, 2.05) is 19.9 Å². The summed E-state index contributed by atoms with van der Waals surface area (Å²) in [5.41, 5.74) is 2.90. The first kappa shape index (κ1) is 11.4. The van der Waals surface area contributed by atoms with Crippen LogP contribution in [0.5, 0.6) is 0 Å². The van der Waals surface area contributed by atoms with Crippen molar-refractivity contribution in [3.05, 3.63) is 23.4 Å². The van der Waals surface area contributed by atoms with Gasteiger partial charge in [0.1, 0.15) is 0 Å². The highest BCUT2D eigenvalue weighted by atomic mass is 28.3. The number of allylic oxidation sites excluding steroid dienone is 3. The highest BCUT2D eigenvalue weighted by Crippen LogP contribution is 2.03. The van der Waals surface area contributed by atoms with Gasteiger partial charge >= 0.3 is 0 Å². The van der Waals surface area contributed by atoms with Gasteiger partial charge in [0, 0.05) is 0 Å². The van der Waals surface area contributed by atoms with Crippen LogP contribution >= 0.6 is 0 Å². The molecule has 1 nitrogen and oxygen atoms in total. The zero-order valence-corrected chi connectivity index (χ0v) is 9.64. The topological polar surface area (TPSA) is 17.1 Å². The quantitative estimate of drug-likeness (QED) is 0.484. The zero-order chi connectivity index (χ0) is 9.78. The zero-order valence-electron chi connectivity index (χ0n) is 8.64. The van der Waals surface area contributed by atoms with Gasteiger partial charge in [-0.3, -0.25) is 4.79 Å². The van der Waals surface area contributed by atoms with E-state index in [0.717, 1.165) is 5.57 Å². The number of hydrogen-bond acceptors (Lipinski definition) is 1. The van der Waals surface area contributed by atoms with Gasteiger partial charge in [-0.15, -0.1) is 0 Å². The van der Waals surface area contributed by atoms with E-state index in [0.29, 0.717) is 0 Å². The Balaban J connectivity index is 4.29. The summed E-state index contributed by atoms with van der Waals surface area (Å²) < 4.78 is 0. The molecule has 0 rings (SSSR count). The fraction of sp³-hybridized carbons (Fsp3) is 0.500. The normalized spacial score (nSPS) is 13.9. The van der Waals surface area contributed by atoms with Crippen molar-refractivity contribution in [3.8, 4) is 0 Å². The third-order valence-corrected chi connectivity index (χ3v) is 2.72. The highest BCUT2D eigenvalue weighted by molar-refractivity contribution is 6.81. The van der Waals surface area contributed by atoms with Crippen molar-refractivity contribution in [3.63, 3.8) is 0 Å². The van der Waals surface area contributed by atoms with Crippen LogP contribution in [0, 0.1) is 0 Å².